The summed E-state index contributed by atoms with van der Waals surface area (Å²) in [6.07, 6.45) is 1.21. The highest BCUT2D eigenvalue weighted by Crippen LogP contribution is 2.12. The highest BCUT2D eigenvalue weighted by atomic mass is 16.4. The molecule has 5 heteroatoms. The first-order valence-corrected chi connectivity index (χ1v) is 6.05. The number of carboxylic acid groups (broad SMARTS) is 1. The number of amides is 1. The summed E-state index contributed by atoms with van der Waals surface area (Å²) in [6.45, 7) is 3.91. The van der Waals surface area contributed by atoms with Crippen LogP contribution in [0.15, 0.2) is 36.5 Å². The molecule has 0 fully saturated rings. The molecule has 20 heavy (non-hydrogen) atoms. The van der Waals surface area contributed by atoms with Crippen molar-refractivity contribution in [3.8, 4) is 0 Å². The van der Waals surface area contributed by atoms with Gasteiger partial charge in [0.05, 0.1) is 5.56 Å². The number of carbonyl (C=O) groups is 2. The van der Waals surface area contributed by atoms with Gasteiger partial charge < -0.3 is 10.4 Å². The van der Waals surface area contributed by atoms with E-state index in [1.54, 1.807) is 12.1 Å². The smallest absolute Gasteiger partial charge is 0.337 e. The molecule has 0 aliphatic carbocycles. The van der Waals surface area contributed by atoms with Crippen molar-refractivity contribution in [2.75, 3.05) is 5.32 Å². The maximum atomic E-state index is 12.0. The molecule has 1 aromatic heterocycles. The number of carbonyl (C=O) groups excluding carboxylic acids is 1. The van der Waals surface area contributed by atoms with E-state index in [4.69, 9.17) is 5.11 Å². The molecular weight excluding hydrogens is 256 g/mol. The fourth-order valence-corrected chi connectivity index (χ4v) is 1.67. The van der Waals surface area contributed by atoms with Gasteiger partial charge in [0.1, 0.15) is 5.82 Å². The van der Waals surface area contributed by atoms with Crippen LogP contribution >= 0.6 is 0 Å². The minimum absolute atomic E-state index is 0.0779. The van der Waals surface area contributed by atoms with Crippen LogP contribution in [-0.4, -0.2) is 22.0 Å². The summed E-state index contributed by atoms with van der Waals surface area (Å²) in [5, 5.41) is 11.4. The number of benzene rings is 1. The summed E-state index contributed by atoms with van der Waals surface area (Å²) in [6, 6.07) is 8.28. The lowest BCUT2D eigenvalue weighted by molar-refractivity contribution is 0.0696. The second-order valence-electron chi connectivity index (χ2n) is 4.49. The first-order valence-electron chi connectivity index (χ1n) is 6.05. The number of nitrogens with one attached hydrogen (secondary N) is 1. The average molecular weight is 270 g/mol. The monoisotopic (exact) mass is 270 g/mol. The molecule has 1 heterocycles. The summed E-state index contributed by atoms with van der Waals surface area (Å²) >= 11 is 0. The molecule has 2 rings (SSSR count). The third-order valence-electron chi connectivity index (χ3n) is 3.02. The van der Waals surface area contributed by atoms with Gasteiger partial charge in [-0.3, -0.25) is 4.79 Å². The van der Waals surface area contributed by atoms with Crippen LogP contribution in [-0.2, 0) is 0 Å². The van der Waals surface area contributed by atoms with E-state index in [1.165, 1.54) is 18.3 Å². The Bertz CT molecular complexity index is 663. The summed E-state index contributed by atoms with van der Waals surface area (Å²) in [7, 11) is 0. The summed E-state index contributed by atoms with van der Waals surface area (Å²) in [5.41, 5.74) is 2.77. The molecule has 1 aromatic carbocycles. The van der Waals surface area contributed by atoms with E-state index in [2.05, 4.69) is 10.3 Å². The second kappa shape index (κ2) is 5.52. The van der Waals surface area contributed by atoms with Crippen LogP contribution in [0.1, 0.15) is 31.8 Å². The van der Waals surface area contributed by atoms with Crippen molar-refractivity contribution >= 4 is 17.7 Å². The summed E-state index contributed by atoms with van der Waals surface area (Å²) in [4.78, 5) is 26.6. The Balaban J connectivity index is 2.14. The second-order valence-corrected chi connectivity index (χ2v) is 4.49. The maximum absolute atomic E-state index is 12.0. The van der Waals surface area contributed by atoms with Crippen molar-refractivity contribution < 1.29 is 14.7 Å². The molecular formula is C15H14N2O3. The van der Waals surface area contributed by atoms with E-state index in [0.717, 1.165) is 11.1 Å². The third kappa shape index (κ3) is 3.00. The van der Waals surface area contributed by atoms with Gasteiger partial charge in [-0.1, -0.05) is 6.07 Å². The van der Waals surface area contributed by atoms with Gasteiger partial charge >= 0.3 is 5.97 Å². The largest absolute Gasteiger partial charge is 0.478 e. The highest BCUT2D eigenvalue weighted by Gasteiger charge is 2.09. The predicted octanol–water partition coefficient (Wildman–Crippen LogP) is 2.65. The highest BCUT2D eigenvalue weighted by molar-refractivity contribution is 6.04. The molecule has 0 unspecified atom stereocenters. The van der Waals surface area contributed by atoms with Crippen LogP contribution in [0.4, 0.5) is 5.82 Å². The van der Waals surface area contributed by atoms with Gasteiger partial charge in [-0.25, -0.2) is 9.78 Å². The van der Waals surface area contributed by atoms with Gasteiger partial charge in [0.25, 0.3) is 5.91 Å². The summed E-state index contributed by atoms with van der Waals surface area (Å²) < 4.78 is 0. The molecule has 0 aliphatic heterocycles. The lowest BCUT2D eigenvalue weighted by atomic mass is 10.1. The Labute approximate surface area is 116 Å². The molecule has 0 aliphatic rings. The van der Waals surface area contributed by atoms with Crippen LogP contribution in [0.5, 0.6) is 0 Å². The van der Waals surface area contributed by atoms with Crippen molar-refractivity contribution in [1.29, 1.82) is 0 Å². The number of aryl methyl sites for hydroxylation is 2. The number of aromatic nitrogens is 1. The van der Waals surface area contributed by atoms with E-state index >= 15 is 0 Å². The zero-order valence-corrected chi connectivity index (χ0v) is 11.2. The predicted molar refractivity (Wildman–Crippen MR) is 75.1 cm³/mol. The van der Waals surface area contributed by atoms with Gasteiger partial charge in [-0.2, -0.15) is 0 Å². The maximum Gasteiger partial charge on any atom is 0.337 e. The molecule has 0 radical (unpaired) electrons. The third-order valence-corrected chi connectivity index (χ3v) is 3.02. The van der Waals surface area contributed by atoms with Gasteiger partial charge in [-0.15, -0.1) is 0 Å². The van der Waals surface area contributed by atoms with Crippen LogP contribution < -0.4 is 5.32 Å². The zero-order valence-electron chi connectivity index (χ0n) is 11.2. The lowest BCUT2D eigenvalue weighted by Gasteiger charge is -2.06. The Morgan fingerprint density at radius 3 is 2.30 bits per heavy atom. The van der Waals surface area contributed by atoms with Crippen LogP contribution in [0.3, 0.4) is 0 Å². The minimum atomic E-state index is -1.05. The SMILES string of the molecule is Cc1ccc(C(=O)Nc2ccc(C(=O)O)cn2)cc1C. The number of anilines is 1. The molecule has 2 N–H and O–H groups in total. The standard InChI is InChI=1S/C15H14N2O3/c1-9-3-4-11(7-10(9)2)14(18)17-13-6-5-12(8-16-13)15(19)20/h3-8H,1-2H3,(H,19,20)(H,16,17,18). The van der Waals surface area contributed by atoms with Crippen molar-refractivity contribution in [2.45, 2.75) is 13.8 Å². The van der Waals surface area contributed by atoms with Crippen molar-refractivity contribution in [3.05, 3.63) is 58.8 Å². The average Bonchev–Trinajstić information content (AvgIpc) is 2.42. The summed E-state index contributed by atoms with van der Waals surface area (Å²) in [5.74, 6) is -1.01. The number of rotatable bonds is 3. The van der Waals surface area contributed by atoms with E-state index in [0.29, 0.717) is 11.4 Å². The Morgan fingerprint density at radius 2 is 1.75 bits per heavy atom. The Hall–Kier alpha value is -2.69. The fraction of sp³-hybridized carbons (Fsp3) is 0.133. The van der Waals surface area contributed by atoms with E-state index in [-0.39, 0.29) is 11.5 Å². The van der Waals surface area contributed by atoms with Crippen LogP contribution in [0.2, 0.25) is 0 Å². The number of pyridine rings is 1. The minimum Gasteiger partial charge on any atom is -0.478 e. The number of nitrogens with zero attached hydrogens (tertiary/aromatic N) is 1. The molecule has 1 amide bonds. The van der Waals surface area contributed by atoms with E-state index in [9.17, 15) is 9.59 Å². The lowest BCUT2D eigenvalue weighted by Crippen LogP contribution is -2.13. The molecule has 0 saturated heterocycles. The van der Waals surface area contributed by atoms with Crippen molar-refractivity contribution in [3.63, 3.8) is 0 Å². The zero-order chi connectivity index (χ0) is 14.7. The fourth-order valence-electron chi connectivity index (χ4n) is 1.67. The number of aromatic carboxylic acids is 1. The molecule has 5 nitrogen and oxygen atoms in total. The van der Waals surface area contributed by atoms with E-state index in [1.807, 2.05) is 19.9 Å². The molecule has 2 aromatic rings. The topological polar surface area (TPSA) is 79.3 Å². The normalized spacial score (nSPS) is 10.1. The molecule has 102 valence electrons. The van der Waals surface area contributed by atoms with Gasteiger partial charge in [0.2, 0.25) is 0 Å². The van der Waals surface area contributed by atoms with Gasteiger partial charge in [-0.05, 0) is 49.2 Å². The molecule has 0 saturated carbocycles. The molecule has 0 spiro atoms. The van der Waals surface area contributed by atoms with Crippen LogP contribution in [0.25, 0.3) is 0 Å². The number of carboxylic acids is 1. The molecule has 0 atom stereocenters. The van der Waals surface area contributed by atoms with E-state index < -0.39 is 5.97 Å². The number of hydrogen-bond donors (Lipinski definition) is 2. The van der Waals surface area contributed by atoms with Gasteiger partial charge in [0.15, 0.2) is 0 Å². The first-order chi connectivity index (χ1) is 9.47. The quantitative estimate of drug-likeness (QED) is 0.898. The van der Waals surface area contributed by atoms with Crippen molar-refractivity contribution in [2.24, 2.45) is 0 Å². The Kier molecular flexibility index (Phi) is 3.79. The molecule has 0 bridgehead atoms. The first kappa shape index (κ1) is 13.7. The Morgan fingerprint density at radius 1 is 1.05 bits per heavy atom. The van der Waals surface area contributed by atoms with Gasteiger partial charge in [0, 0.05) is 11.8 Å². The van der Waals surface area contributed by atoms with Crippen LogP contribution in [0, 0.1) is 13.8 Å². The van der Waals surface area contributed by atoms with Crippen molar-refractivity contribution in [1.82, 2.24) is 4.98 Å². The number of hydrogen-bond acceptors (Lipinski definition) is 3.